The Labute approximate surface area is 208 Å². The van der Waals surface area contributed by atoms with Crippen molar-refractivity contribution in [1.82, 2.24) is 24.6 Å². The zero-order chi connectivity index (χ0) is 25.7. The number of hydrogen-bond acceptors (Lipinski definition) is 8. The summed E-state index contributed by atoms with van der Waals surface area (Å²) in [6.07, 6.45) is 1.62. The first-order valence-corrected chi connectivity index (χ1v) is 11.6. The first-order chi connectivity index (χ1) is 16.5. The number of ether oxygens (including phenoxy) is 2. The minimum atomic E-state index is -0.561. The average Bonchev–Trinajstić information content (AvgIpc) is 3.13. The van der Waals surface area contributed by atoms with Crippen molar-refractivity contribution in [3.8, 4) is 5.75 Å². The van der Waals surface area contributed by atoms with Crippen LogP contribution in [0.3, 0.4) is 0 Å². The minimum Gasteiger partial charge on any atom is -0.496 e. The number of nitrogen functional groups attached to an aromatic ring is 1. The van der Waals surface area contributed by atoms with E-state index < -0.39 is 11.6 Å². The molecule has 11 heteroatoms. The summed E-state index contributed by atoms with van der Waals surface area (Å²) in [4.78, 5) is 34.1. The van der Waals surface area contributed by atoms with Crippen LogP contribution in [0.15, 0.2) is 12.4 Å². The minimum absolute atomic E-state index is 0.0278. The second-order valence-electron chi connectivity index (χ2n) is 9.68. The van der Waals surface area contributed by atoms with Crippen molar-refractivity contribution in [2.75, 3.05) is 25.9 Å². The highest BCUT2D eigenvalue weighted by molar-refractivity contribution is 6.31. The molecule has 3 aromatic rings. The molecule has 35 heavy (non-hydrogen) atoms. The Morgan fingerprint density at radius 2 is 2.00 bits per heavy atom. The molecular weight excluding hydrogens is 472 g/mol. The molecule has 2 N–H and O–H groups in total. The van der Waals surface area contributed by atoms with Crippen LogP contribution < -0.4 is 10.5 Å². The SMILES string of the molecule is COc1c(C(C)n2nc(C=O)c3c(N)ncnc32)cc(Cl)c(C)c1C1CN(C(=O)OC(C)(C)C)C1. The predicted octanol–water partition coefficient (Wildman–Crippen LogP) is 4.14. The number of carbonyl (C=O) groups excluding carboxylic acids is 2. The first kappa shape index (κ1) is 24.7. The van der Waals surface area contributed by atoms with E-state index in [1.165, 1.54) is 6.33 Å². The molecule has 0 spiro atoms. The fourth-order valence-electron chi connectivity index (χ4n) is 4.44. The lowest BCUT2D eigenvalue weighted by atomic mass is 9.85. The first-order valence-electron chi connectivity index (χ1n) is 11.3. The van der Waals surface area contributed by atoms with Crippen molar-refractivity contribution in [3.05, 3.63) is 39.8 Å². The van der Waals surface area contributed by atoms with E-state index in [0.717, 1.165) is 16.7 Å². The molecule has 0 radical (unpaired) electrons. The maximum atomic E-state index is 12.5. The molecule has 1 aliphatic heterocycles. The van der Waals surface area contributed by atoms with Gasteiger partial charge in [-0.05, 0) is 46.2 Å². The molecule has 1 saturated heterocycles. The third-order valence-electron chi connectivity index (χ3n) is 6.17. The number of methoxy groups -OCH3 is 1. The molecule has 1 aliphatic rings. The molecule has 2 aromatic heterocycles. The van der Waals surface area contributed by atoms with Crippen molar-refractivity contribution in [3.63, 3.8) is 0 Å². The Balaban J connectivity index is 1.74. The van der Waals surface area contributed by atoms with Gasteiger partial charge < -0.3 is 20.1 Å². The summed E-state index contributed by atoms with van der Waals surface area (Å²) in [5.74, 6) is 0.869. The highest BCUT2D eigenvalue weighted by Crippen LogP contribution is 2.44. The van der Waals surface area contributed by atoms with Crippen LogP contribution >= 0.6 is 11.6 Å². The van der Waals surface area contributed by atoms with E-state index in [1.807, 2.05) is 40.7 Å². The molecule has 1 unspecified atom stereocenters. The van der Waals surface area contributed by atoms with Gasteiger partial charge in [-0.15, -0.1) is 0 Å². The Kier molecular flexibility index (Phi) is 6.35. The molecule has 1 atom stereocenters. The van der Waals surface area contributed by atoms with E-state index in [2.05, 4.69) is 15.1 Å². The average molecular weight is 501 g/mol. The van der Waals surface area contributed by atoms with Gasteiger partial charge in [0.1, 0.15) is 29.2 Å². The Hall–Kier alpha value is -3.40. The van der Waals surface area contributed by atoms with Gasteiger partial charge in [0, 0.05) is 35.2 Å². The molecule has 0 bridgehead atoms. The third kappa shape index (κ3) is 4.38. The summed E-state index contributed by atoms with van der Waals surface area (Å²) in [5.41, 5.74) is 8.63. The number of nitrogens with zero attached hydrogens (tertiary/aromatic N) is 5. The maximum Gasteiger partial charge on any atom is 0.410 e. The number of likely N-dealkylation sites (tertiary alicyclic amines) is 1. The van der Waals surface area contributed by atoms with E-state index in [9.17, 15) is 9.59 Å². The van der Waals surface area contributed by atoms with Crippen LogP contribution in [0.4, 0.5) is 10.6 Å². The van der Waals surface area contributed by atoms with Crippen LogP contribution in [0, 0.1) is 6.92 Å². The number of rotatable bonds is 5. The van der Waals surface area contributed by atoms with Gasteiger partial charge in [0.15, 0.2) is 11.9 Å². The van der Waals surface area contributed by atoms with Gasteiger partial charge in [0.05, 0.1) is 18.5 Å². The zero-order valence-electron chi connectivity index (χ0n) is 20.6. The highest BCUT2D eigenvalue weighted by atomic mass is 35.5. The topological polar surface area (TPSA) is 125 Å². The normalized spacial score (nSPS) is 15.1. The second-order valence-corrected chi connectivity index (χ2v) is 10.1. The molecule has 0 saturated carbocycles. The summed E-state index contributed by atoms with van der Waals surface area (Å²) < 4.78 is 13.0. The van der Waals surface area contributed by atoms with E-state index >= 15 is 0 Å². The standard InChI is InChI=1S/C24H29ClN6O4/c1-12-16(25)7-15(13(2)31-22-19(17(10-32)29-31)21(26)27-11-28-22)20(34-6)18(12)14-8-30(9-14)23(33)35-24(3,4)5/h7,10-11,13-14H,8-9H2,1-6H3,(H2,26,27,28). The lowest BCUT2D eigenvalue weighted by molar-refractivity contribution is 0.00793. The Morgan fingerprint density at radius 1 is 1.31 bits per heavy atom. The van der Waals surface area contributed by atoms with Gasteiger partial charge in [-0.1, -0.05) is 11.6 Å². The van der Waals surface area contributed by atoms with Crippen LogP contribution in [-0.4, -0.2) is 62.8 Å². The van der Waals surface area contributed by atoms with Crippen molar-refractivity contribution in [2.24, 2.45) is 0 Å². The fourth-order valence-corrected chi connectivity index (χ4v) is 4.66. The second kappa shape index (κ2) is 8.99. The molecule has 1 aromatic carbocycles. The van der Waals surface area contributed by atoms with Crippen LogP contribution in [-0.2, 0) is 4.74 Å². The van der Waals surface area contributed by atoms with Gasteiger partial charge >= 0.3 is 6.09 Å². The molecule has 4 rings (SSSR count). The fraction of sp³-hybridized carbons (Fsp3) is 0.458. The van der Waals surface area contributed by atoms with E-state index in [-0.39, 0.29) is 23.5 Å². The molecule has 0 aliphatic carbocycles. The molecule has 1 amide bonds. The Bertz CT molecular complexity index is 1310. The maximum absolute atomic E-state index is 12.5. The molecular formula is C24H29ClN6O4. The number of halogens is 1. The van der Waals surface area contributed by atoms with Gasteiger partial charge in [0.25, 0.3) is 0 Å². The number of carbonyl (C=O) groups is 2. The lowest BCUT2D eigenvalue weighted by Crippen LogP contribution is -2.50. The summed E-state index contributed by atoms with van der Waals surface area (Å²) >= 11 is 6.67. The monoisotopic (exact) mass is 500 g/mol. The van der Waals surface area contributed by atoms with Crippen molar-refractivity contribution >= 4 is 40.8 Å². The largest absolute Gasteiger partial charge is 0.496 e. The summed E-state index contributed by atoms with van der Waals surface area (Å²) in [6.45, 7) is 10.4. The van der Waals surface area contributed by atoms with Crippen LogP contribution in [0.2, 0.25) is 5.02 Å². The molecule has 1 fully saturated rings. The number of fused-ring (bicyclic) bond motifs is 1. The summed E-state index contributed by atoms with van der Waals surface area (Å²) in [7, 11) is 1.60. The molecule has 3 heterocycles. The Morgan fingerprint density at radius 3 is 2.60 bits per heavy atom. The van der Waals surface area contributed by atoms with Crippen LogP contribution in [0.25, 0.3) is 11.0 Å². The quantitative estimate of drug-likeness (QED) is 0.518. The van der Waals surface area contributed by atoms with Crippen LogP contribution in [0.5, 0.6) is 5.75 Å². The number of benzene rings is 1. The van der Waals surface area contributed by atoms with E-state index in [0.29, 0.717) is 41.2 Å². The summed E-state index contributed by atoms with van der Waals surface area (Å²) in [5, 5.41) is 5.42. The van der Waals surface area contributed by atoms with Crippen LogP contribution in [0.1, 0.15) is 66.8 Å². The number of amides is 1. The van der Waals surface area contributed by atoms with E-state index in [1.54, 1.807) is 16.7 Å². The summed E-state index contributed by atoms with van der Waals surface area (Å²) in [6, 6.07) is 1.45. The number of nitrogens with two attached hydrogens (primary N) is 1. The van der Waals surface area contributed by atoms with E-state index in [4.69, 9.17) is 26.8 Å². The highest BCUT2D eigenvalue weighted by Gasteiger charge is 2.38. The van der Waals surface area contributed by atoms with Gasteiger partial charge in [-0.2, -0.15) is 5.10 Å². The molecule has 10 nitrogen and oxygen atoms in total. The predicted molar refractivity (Wildman–Crippen MR) is 132 cm³/mol. The number of aldehydes is 1. The number of hydrogen-bond donors (Lipinski definition) is 1. The zero-order valence-corrected chi connectivity index (χ0v) is 21.4. The van der Waals surface area contributed by atoms with Gasteiger partial charge in [0.2, 0.25) is 0 Å². The van der Waals surface area contributed by atoms with Gasteiger partial charge in [-0.25, -0.2) is 19.4 Å². The third-order valence-corrected chi connectivity index (χ3v) is 6.56. The van der Waals surface area contributed by atoms with Gasteiger partial charge in [-0.3, -0.25) is 4.79 Å². The smallest absolute Gasteiger partial charge is 0.410 e. The number of anilines is 1. The lowest BCUT2D eigenvalue weighted by Gasteiger charge is -2.41. The number of aromatic nitrogens is 4. The van der Waals surface area contributed by atoms with Crippen molar-refractivity contribution in [1.29, 1.82) is 0 Å². The van der Waals surface area contributed by atoms with Crippen molar-refractivity contribution in [2.45, 2.75) is 52.2 Å². The molecule has 186 valence electrons. The van der Waals surface area contributed by atoms with Crippen molar-refractivity contribution < 1.29 is 19.1 Å².